The van der Waals surface area contributed by atoms with E-state index in [4.69, 9.17) is 10.7 Å². The smallest absolute Gasteiger partial charge is 0.00706 e. The van der Waals surface area contributed by atoms with E-state index in [1.54, 1.807) is 0 Å². The van der Waals surface area contributed by atoms with Crippen molar-refractivity contribution in [3.8, 4) is 0 Å². The van der Waals surface area contributed by atoms with Crippen LogP contribution in [0.5, 0.6) is 0 Å². The summed E-state index contributed by atoms with van der Waals surface area (Å²) in [4.78, 5) is 0. The SMILES string of the molecule is CCCCCCS(Cl)(CCCCCC)C1C(C)C(C)C(C)C1C. The van der Waals surface area contributed by atoms with Crippen molar-refractivity contribution < 1.29 is 0 Å². The van der Waals surface area contributed by atoms with Gasteiger partial charge in [-0.15, -0.1) is 0 Å². The molecule has 4 unspecified atom stereocenters. The third-order valence-corrected chi connectivity index (χ3v) is 12.0. The van der Waals surface area contributed by atoms with Gasteiger partial charge in [0, 0.05) is 5.25 Å². The van der Waals surface area contributed by atoms with E-state index in [9.17, 15) is 0 Å². The summed E-state index contributed by atoms with van der Waals surface area (Å²) in [6, 6.07) is 0. The molecule has 0 spiro atoms. The fourth-order valence-electron chi connectivity index (χ4n) is 4.72. The highest BCUT2D eigenvalue weighted by Gasteiger charge is 2.48. The molecule has 140 valence electrons. The third-order valence-electron chi connectivity index (χ3n) is 6.69. The van der Waals surface area contributed by atoms with E-state index in [1.165, 1.54) is 62.9 Å². The molecule has 0 aromatic heterocycles. The Labute approximate surface area is 153 Å². The molecule has 1 saturated carbocycles. The number of hydrogen-bond donors (Lipinski definition) is 0. The molecular formula is C21H43ClS. The highest BCUT2D eigenvalue weighted by atomic mass is 35.7. The van der Waals surface area contributed by atoms with Crippen molar-refractivity contribution in [2.24, 2.45) is 23.7 Å². The summed E-state index contributed by atoms with van der Waals surface area (Å²) in [5, 5.41) is 0.789. The maximum absolute atomic E-state index is 7.51. The van der Waals surface area contributed by atoms with Gasteiger partial charge in [-0.1, -0.05) is 90.7 Å². The lowest BCUT2D eigenvalue weighted by molar-refractivity contribution is 0.352. The molecule has 0 bridgehead atoms. The Hall–Kier alpha value is 0.640. The van der Waals surface area contributed by atoms with Gasteiger partial charge >= 0.3 is 0 Å². The molecule has 23 heavy (non-hydrogen) atoms. The summed E-state index contributed by atoms with van der Waals surface area (Å²) >= 11 is 0. The van der Waals surface area contributed by atoms with Crippen LogP contribution in [0.2, 0.25) is 0 Å². The first-order valence-corrected chi connectivity index (χ1v) is 13.2. The third kappa shape index (κ3) is 5.84. The van der Waals surface area contributed by atoms with Crippen molar-refractivity contribution in [3.63, 3.8) is 0 Å². The maximum atomic E-state index is 7.51. The van der Waals surface area contributed by atoms with Crippen LogP contribution in [-0.2, 0) is 0 Å². The van der Waals surface area contributed by atoms with E-state index < -0.39 is 9.24 Å². The van der Waals surface area contributed by atoms with Gasteiger partial charge in [0.2, 0.25) is 0 Å². The average molecular weight is 363 g/mol. The summed E-state index contributed by atoms with van der Waals surface area (Å²) < 4.78 is 0. The van der Waals surface area contributed by atoms with E-state index in [0.29, 0.717) is 0 Å². The van der Waals surface area contributed by atoms with Crippen molar-refractivity contribution in [2.75, 3.05) is 11.5 Å². The van der Waals surface area contributed by atoms with Crippen LogP contribution in [0.4, 0.5) is 0 Å². The van der Waals surface area contributed by atoms with Crippen LogP contribution >= 0.6 is 19.9 Å². The van der Waals surface area contributed by atoms with Gasteiger partial charge in [0.05, 0.1) is 0 Å². The molecule has 0 saturated heterocycles. The fraction of sp³-hybridized carbons (Fsp3) is 1.00. The lowest BCUT2D eigenvalue weighted by atomic mass is 9.92. The lowest BCUT2D eigenvalue weighted by Crippen LogP contribution is -2.28. The zero-order valence-electron chi connectivity index (χ0n) is 16.7. The van der Waals surface area contributed by atoms with Crippen LogP contribution < -0.4 is 0 Å². The molecule has 0 heterocycles. The van der Waals surface area contributed by atoms with E-state index in [2.05, 4.69) is 41.5 Å². The Morgan fingerprint density at radius 1 is 0.609 bits per heavy atom. The zero-order valence-corrected chi connectivity index (χ0v) is 18.3. The van der Waals surface area contributed by atoms with Gasteiger partial charge in [0.1, 0.15) is 0 Å². The van der Waals surface area contributed by atoms with Crippen LogP contribution in [0, 0.1) is 23.7 Å². The lowest BCUT2D eigenvalue weighted by Gasteiger charge is -2.44. The quantitative estimate of drug-likeness (QED) is 0.326. The Morgan fingerprint density at radius 2 is 1.00 bits per heavy atom. The van der Waals surface area contributed by atoms with Gasteiger partial charge in [0.25, 0.3) is 0 Å². The fourth-order valence-corrected chi connectivity index (χ4v) is 10.5. The number of halogens is 1. The minimum atomic E-state index is -0.970. The minimum Gasteiger partial charge on any atom is -0.160 e. The Kier molecular flexibility index (Phi) is 9.98. The maximum Gasteiger partial charge on any atom is 0.00706 e. The standard InChI is InChI=1S/C21H43ClS/c1-7-9-11-13-15-23(22,16-14-12-10-8-2)21-19(5)17(3)18(4)20(21)6/h17-21H,7-16H2,1-6H3. The molecule has 0 aliphatic heterocycles. The largest absolute Gasteiger partial charge is 0.160 e. The normalized spacial score (nSPS) is 32.4. The Balaban J connectivity index is 2.76. The van der Waals surface area contributed by atoms with Crippen molar-refractivity contribution in [2.45, 2.75) is 98.2 Å². The second-order valence-corrected chi connectivity index (χ2v) is 13.2. The monoisotopic (exact) mass is 362 g/mol. The molecule has 1 aliphatic rings. The summed E-state index contributed by atoms with van der Waals surface area (Å²) in [6.07, 6.45) is 10.9. The van der Waals surface area contributed by atoms with Crippen LogP contribution in [0.1, 0.15) is 92.9 Å². The van der Waals surface area contributed by atoms with Crippen molar-refractivity contribution in [3.05, 3.63) is 0 Å². The predicted octanol–water partition coefficient (Wildman–Crippen LogP) is 8.03. The summed E-state index contributed by atoms with van der Waals surface area (Å²) in [6.45, 7) is 14.5. The van der Waals surface area contributed by atoms with Crippen molar-refractivity contribution in [1.29, 1.82) is 0 Å². The second kappa shape index (κ2) is 10.6. The Bertz CT molecular complexity index is 291. The highest BCUT2D eigenvalue weighted by molar-refractivity contribution is 8.51. The summed E-state index contributed by atoms with van der Waals surface area (Å²) in [7, 11) is 6.54. The predicted molar refractivity (Wildman–Crippen MR) is 112 cm³/mol. The topological polar surface area (TPSA) is 0 Å². The first-order valence-electron chi connectivity index (χ1n) is 10.4. The highest BCUT2D eigenvalue weighted by Crippen LogP contribution is 2.67. The molecule has 0 aromatic rings. The first-order chi connectivity index (χ1) is 10.9. The summed E-state index contributed by atoms with van der Waals surface area (Å²) in [5.74, 6) is 5.94. The van der Waals surface area contributed by atoms with E-state index in [0.717, 1.165) is 28.9 Å². The van der Waals surface area contributed by atoms with Crippen LogP contribution in [0.25, 0.3) is 0 Å². The molecule has 4 atom stereocenters. The van der Waals surface area contributed by atoms with E-state index in [1.807, 2.05) is 0 Å². The Morgan fingerprint density at radius 3 is 1.35 bits per heavy atom. The first kappa shape index (κ1) is 21.7. The van der Waals surface area contributed by atoms with E-state index in [-0.39, 0.29) is 0 Å². The minimum absolute atomic E-state index is 0.789. The van der Waals surface area contributed by atoms with Crippen LogP contribution in [-0.4, -0.2) is 16.8 Å². The van der Waals surface area contributed by atoms with Gasteiger partial charge in [-0.2, -0.15) is 9.24 Å². The average Bonchev–Trinajstić information content (AvgIpc) is 2.72. The van der Waals surface area contributed by atoms with Gasteiger partial charge in [0.15, 0.2) is 0 Å². The molecule has 2 heteroatoms. The van der Waals surface area contributed by atoms with Crippen LogP contribution in [0.3, 0.4) is 0 Å². The molecule has 0 N–H and O–H groups in total. The molecule has 0 amide bonds. The second-order valence-electron chi connectivity index (χ2n) is 8.28. The number of unbranched alkanes of at least 4 members (excludes halogenated alkanes) is 6. The molecule has 0 nitrogen and oxygen atoms in total. The molecule has 1 rings (SSSR count). The van der Waals surface area contributed by atoms with Gasteiger partial charge < -0.3 is 0 Å². The number of rotatable bonds is 11. The molecule has 0 radical (unpaired) electrons. The molecule has 0 aromatic carbocycles. The molecular weight excluding hydrogens is 320 g/mol. The van der Waals surface area contributed by atoms with E-state index >= 15 is 0 Å². The van der Waals surface area contributed by atoms with Gasteiger partial charge in [-0.25, -0.2) is 0 Å². The van der Waals surface area contributed by atoms with Gasteiger partial charge in [-0.3, -0.25) is 0 Å². The zero-order chi connectivity index (χ0) is 17.5. The molecule has 1 fully saturated rings. The molecule has 1 aliphatic carbocycles. The van der Waals surface area contributed by atoms with Crippen molar-refractivity contribution >= 4 is 19.9 Å². The summed E-state index contributed by atoms with van der Waals surface area (Å²) in [5.41, 5.74) is 0. The van der Waals surface area contributed by atoms with Crippen molar-refractivity contribution in [1.82, 2.24) is 0 Å². The number of hydrogen-bond acceptors (Lipinski definition) is 0. The van der Waals surface area contributed by atoms with Crippen LogP contribution in [0.15, 0.2) is 0 Å². The van der Waals surface area contributed by atoms with Gasteiger partial charge in [-0.05, 0) is 48.0 Å².